The highest BCUT2D eigenvalue weighted by Crippen LogP contribution is 2.36. The average Bonchev–Trinajstić information content (AvgIpc) is 2.14. The fourth-order valence-electron chi connectivity index (χ4n) is 2.99. The van der Waals surface area contributed by atoms with Gasteiger partial charge in [0, 0.05) is 12.6 Å². The molecule has 0 aromatic carbocycles. The summed E-state index contributed by atoms with van der Waals surface area (Å²) in [6.45, 7) is 4.71. The van der Waals surface area contributed by atoms with Crippen molar-refractivity contribution in [2.75, 3.05) is 12.3 Å². The van der Waals surface area contributed by atoms with Gasteiger partial charge in [-0.05, 0) is 38.5 Å². The molecule has 0 spiro atoms. The molecule has 2 atom stereocenters. The molecule has 15 heavy (non-hydrogen) atoms. The van der Waals surface area contributed by atoms with E-state index in [4.69, 9.17) is 0 Å². The van der Waals surface area contributed by atoms with Crippen LogP contribution < -0.4 is 0 Å². The molecule has 4 heteroatoms. The second-order valence-corrected chi connectivity index (χ2v) is 7.21. The lowest BCUT2D eigenvalue weighted by molar-refractivity contribution is 0.175. The van der Waals surface area contributed by atoms with Crippen LogP contribution >= 0.6 is 0 Å². The SMILES string of the molecule is CC(C)N1CC2CCCCC2CS1(=O)=O. The lowest BCUT2D eigenvalue weighted by atomic mass is 9.80. The summed E-state index contributed by atoms with van der Waals surface area (Å²) in [4.78, 5) is 0. The monoisotopic (exact) mass is 231 g/mol. The lowest BCUT2D eigenvalue weighted by Crippen LogP contribution is -2.50. The van der Waals surface area contributed by atoms with Gasteiger partial charge in [0.05, 0.1) is 5.75 Å². The molecule has 2 rings (SSSR count). The third-order valence-electron chi connectivity index (χ3n) is 3.84. The van der Waals surface area contributed by atoms with E-state index in [-0.39, 0.29) is 6.04 Å². The number of hydrogen-bond donors (Lipinski definition) is 0. The van der Waals surface area contributed by atoms with E-state index in [1.807, 2.05) is 13.8 Å². The molecular formula is C11H21NO2S. The Morgan fingerprint density at radius 2 is 1.73 bits per heavy atom. The van der Waals surface area contributed by atoms with Crippen molar-refractivity contribution in [3.63, 3.8) is 0 Å². The Hall–Kier alpha value is -0.0900. The molecule has 2 fully saturated rings. The van der Waals surface area contributed by atoms with Crippen molar-refractivity contribution >= 4 is 10.0 Å². The molecule has 1 heterocycles. The summed E-state index contributed by atoms with van der Waals surface area (Å²) in [5, 5.41) is 0. The van der Waals surface area contributed by atoms with Gasteiger partial charge in [0.15, 0.2) is 0 Å². The summed E-state index contributed by atoms with van der Waals surface area (Å²) in [6, 6.07) is 0.123. The van der Waals surface area contributed by atoms with Crippen LogP contribution in [0.2, 0.25) is 0 Å². The van der Waals surface area contributed by atoms with Gasteiger partial charge in [0.1, 0.15) is 0 Å². The fourth-order valence-corrected chi connectivity index (χ4v) is 5.22. The molecule has 2 aliphatic rings. The Labute approximate surface area is 92.9 Å². The van der Waals surface area contributed by atoms with Gasteiger partial charge in [-0.15, -0.1) is 0 Å². The van der Waals surface area contributed by atoms with E-state index in [9.17, 15) is 8.42 Å². The van der Waals surface area contributed by atoms with Crippen LogP contribution in [0.4, 0.5) is 0 Å². The first-order valence-corrected chi connectivity index (χ1v) is 7.61. The number of rotatable bonds is 1. The normalized spacial score (nSPS) is 36.5. The van der Waals surface area contributed by atoms with Gasteiger partial charge in [-0.3, -0.25) is 0 Å². The van der Waals surface area contributed by atoms with E-state index in [1.54, 1.807) is 4.31 Å². The van der Waals surface area contributed by atoms with Crippen LogP contribution in [0.15, 0.2) is 0 Å². The molecule has 0 aromatic heterocycles. The van der Waals surface area contributed by atoms with Gasteiger partial charge < -0.3 is 0 Å². The van der Waals surface area contributed by atoms with E-state index in [0.29, 0.717) is 17.6 Å². The molecule has 0 bridgehead atoms. The second-order valence-electron chi connectivity index (χ2n) is 5.25. The molecule has 2 unspecified atom stereocenters. The fraction of sp³-hybridized carbons (Fsp3) is 1.00. The van der Waals surface area contributed by atoms with E-state index in [1.165, 1.54) is 19.3 Å². The summed E-state index contributed by atoms with van der Waals surface area (Å²) in [6.07, 6.45) is 4.85. The smallest absolute Gasteiger partial charge is 0.212 e. The minimum atomic E-state index is -2.96. The molecule has 0 N–H and O–H groups in total. The van der Waals surface area contributed by atoms with Gasteiger partial charge in [-0.2, -0.15) is 4.31 Å². The standard InChI is InChI=1S/C11H21NO2S/c1-9(2)12-7-10-5-3-4-6-11(10)8-15(12,13)14/h9-11H,3-8H2,1-2H3. The van der Waals surface area contributed by atoms with Gasteiger partial charge >= 0.3 is 0 Å². The van der Waals surface area contributed by atoms with Crippen LogP contribution in [-0.2, 0) is 10.0 Å². The molecule has 88 valence electrons. The number of fused-ring (bicyclic) bond motifs is 1. The Bertz CT molecular complexity index is 323. The topological polar surface area (TPSA) is 37.4 Å². The Morgan fingerprint density at radius 3 is 2.33 bits per heavy atom. The Kier molecular flexibility index (Phi) is 3.08. The van der Waals surface area contributed by atoms with Crippen molar-refractivity contribution in [3.05, 3.63) is 0 Å². The third-order valence-corrected chi connectivity index (χ3v) is 5.97. The zero-order valence-corrected chi connectivity index (χ0v) is 10.5. The first kappa shape index (κ1) is 11.4. The number of sulfonamides is 1. The lowest BCUT2D eigenvalue weighted by Gasteiger charge is -2.42. The van der Waals surface area contributed by atoms with Gasteiger partial charge in [-0.1, -0.05) is 12.8 Å². The highest BCUT2D eigenvalue weighted by molar-refractivity contribution is 7.89. The van der Waals surface area contributed by atoms with Crippen molar-refractivity contribution in [2.45, 2.75) is 45.6 Å². The van der Waals surface area contributed by atoms with Crippen molar-refractivity contribution in [1.29, 1.82) is 0 Å². The molecule has 0 radical (unpaired) electrons. The molecule has 1 aliphatic carbocycles. The average molecular weight is 231 g/mol. The second kappa shape index (κ2) is 4.06. The third kappa shape index (κ3) is 2.21. The maximum Gasteiger partial charge on any atom is 0.214 e. The van der Waals surface area contributed by atoms with Crippen LogP contribution in [0, 0.1) is 11.8 Å². The van der Waals surface area contributed by atoms with Gasteiger partial charge in [-0.25, -0.2) is 8.42 Å². The van der Waals surface area contributed by atoms with Gasteiger partial charge in [0.2, 0.25) is 10.0 Å². The Morgan fingerprint density at radius 1 is 1.13 bits per heavy atom. The largest absolute Gasteiger partial charge is 0.214 e. The summed E-state index contributed by atoms with van der Waals surface area (Å²) in [7, 11) is -2.96. The molecule has 0 aromatic rings. The number of nitrogens with zero attached hydrogens (tertiary/aromatic N) is 1. The molecular weight excluding hydrogens is 210 g/mol. The minimum Gasteiger partial charge on any atom is -0.212 e. The quantitative estimate of drug-likeness (QED) is 0.690. The molecule has 1 saturated heterocycles. The van der Waals surface area contributed by atoms with Crippen LogP contribution in [0.5, 0.6) is 0 Å². The maximum absolute atomic E-state index is 12.0. The van der Waals surface area contributed by atoms with Crippen molar-refractivity contribution < 1.29 is 8.42 Å². The highest BCUT2D eigenvalue weighted by atomic mass is 32.2. The molecule has 1 saturated carbocycles. The summed E-state index contributed by atoms with van der Waals surface area (Å²) in [5.74, 6) is 1.47. The van der Waals surface area contributed by atoms with Crippen LogP contribution in [0.3, 0.4) is 0 Å². The predicted octanol–water partition coefficient (Wildman–Crippen LogP) is 1.85. The molecule has 0 amide bonds. The highest BCUT2D eigenvalue weighted by Gasteiger charge is 2.40. The Balaban J connectivity index is 2.17. The predicted molar refractivity (Wildman–Crippen MR) is 61.1 cm³/mol. The maximum atomic E-state index is 12.0. The van der Waals surface area contributed by atoms with Crippen LogP contribution in [0.1, 0.15) is 39.5 Å². The molecule has 3 nitrogen and oxygen atoms in total. The van der Waals surface area contributed by atoms with Crippen LogP contribution in [-0.4, -0.2) is 31.1 Å². The number of hydrogen-bond acceptors (Lipinski definition) is 2. The van der Waals surface area contributed by atoms with Gasteiger partial charge in [0.25, 0.3) is 0 Å². The molecule has 1 aliphatic heterocycles. The van der Waals surface area contributed by atoms with Crippen molar-refractivity contribution in [1.82, 2.24) is 4.31 Å². The first-order valence-electron chi connectivity index (χ1n) is 6.00. The van der Waals surface area contributed by atoms with E-state index in [0.717, 1.165) is 13.0 Å². The zero-order chi connectivity index (χ0) is 11.1. The zero-order valence-electron chi connectivity index (χ0n) is 9.65. The summed E-state index contributed by atoms with van der Waals surface area (Å²) < 4.78 is 25.7. The van der Waals surface area contributed by atoms with Crippen molar-refractivity contribution in [3.8, 4) is 0 Å². The summed E-state index contributed by atoms with van der Waals surface area (Å²) in [5.41, 5.74) is 0. The van der Waals surface area contributed by atoms with E-state index in [2.05, 4.69) is 0 Å². The van der Waals surface area contributed by atoms with Crippen molar-refractivity contribution in [2.24, 2.45) is 11.8 Å². The van der Waals surface area contributed by atoms with Crippen LogP contribution in [0.25, 0.3) is 0 Å². The first-order chi connectivity index (χ1) is 7.00. The van der Waals surface area contributed by atoms with E-state index >= 15 is 0 Å². The summed E-state index contributed by atoms with van der Waals surface area (Å²) >= 11 is 0. The minimum absolute atomic E-state index is 0.123. The van der Waals surface area contributed by atoms with E-state index < -0.39 is 10.0 Å².